The van der Waals surface area contributed by atoms with Gasteiger partial charge in [-0.3, -0.25) is 10.1 Å². The minimum absolute atomic E-state index is 0.0378. The normalized spacial score (nSPS) is 10.5. The number of hydrogen-bond donors (Lipinski definition) is 1. The first-order valence-corrected chi connectivity index (χ1v) is 7.23. The van der Waals surface area contributed by atoms with Gasteiger partial charge in [0.1, 0.15) is 5.69 Å². The Morgan fingerprint density at radius 3 is 2.41 bits per heavy atom. The third-order valence-electron chi connectivity index (χ3n) is 3.48. The summed E-state index contributed by atoms with van der Waals surface area (Å²) in [5, 5.41) is 21.0. The zero-order valence-electron chi connectivity index (χ0n) is 12.2. The van der Waals surface area contributed by atoms with E-state index in [1.807, 2.05) is 29.2 Å². The number of nitrogens with zero attached hydrogens (tertiary/aromatic N) is 2. The molecule has 1 N–H and O–H groups in total. The maximum absolute atomic E-state index is 11.1. The summed E-state index contributed by atoms with van der Waals surface area (Å²) in [5.74, 6) is 0. The van der Waals surface area contributed by atoms with Crippen LogP contribution in [-0.2, 0) is 13.0 Å². The van der Waals surface area contributed by atoms with Gasteiger partial charge in [-0.2, -0.15) is 0 Å². The summed E-state index contributed by atoms with van der Waals surface area (Å²) < 4.78 is 0. The van der Waals surface area contributed by atoms with Crippen molar-refractivity contribution in [2.24, 2.45) is 0 Å². The van der Waals surface area contributed by atoms with Gasteiger partial charge in [-0.15, -0.1) is 0 Å². The average molecular weight is 321 g/mol. The number of nitro groups is 1. The number of benzene rings is 2. The van der Waals surface area contributed by atoms with E-state index in [2.05, 4.69) is 0 Å². The lowest BCUT2D eigenvalue weighted by atomic mass is 10.1. The van der Waals surface area contributed by atoms with Crippen molar-refractivity contribution in [3.05, 3.63) is 68.7 Å². The summed E-state index contributed by atoms with van der Waals surface area (Å²) >= 11 is 5.85. The Hall–Kier alpha value is -2.11. The minimum atomic E-state index is -0.407. The number of nitro benzene ring substituents is 1. The first kappa shape index (κ1) is 16.3. The van der Waals surface area contributed by atoms with Gasteiger partial charge < -0.3 is 10.0 Å². The second-order valence-corrected chi connectivity index (χ2v) is 5.47. The first-order chi connectivity index (χ1) is 10.5. The van der Waals surface area contributed by atoms with Crippen molar-refractivity contribution in [1.29, 1.82) is 0 Å². The third-order valence-corrected chi connectivity index (χ3v) is 3.73. The summed E-state index contributed by atoms with van der Waals surface area (Å²) in [6.45, 7) is 0.480. The van der Waals surface area contributed by atoms with Crippen LogP contribution in [0, 0.1) is 10.1 Å². The Labute approximate surface area is 133 Å². The molecule has 0 aliphatic heterocycles. The molecule has 0 aliphatic rings. The Bertz CT molecular complexity index is 659. The second kappa shape index (κ2) is 7.24. The summed E-state index contributed by atoms with van der Waals surface area (Å²) in [4.78, 5) is 12.6. The van der Waals surface area contributed by atoms with E-state index in [0.29, 0.717) is 22.8 Å². The van der Waals surface area contributed by atoms with Crippen molar-refractivity contribution in [2.75, 3.05) is 18.5 Å². The molecule has 0 heterocycles. The van der Waals surface area contributed by atoms with Crippen LogP contribution in [0.2, 0.25) is 5.02 Å². The van der Waals surface area contributed by atoms with Gasteiger partial charge in [0, 0.05) is 24.7 Å². The molecule has 5 nitrogen and oxygen atoms in total. The molecule has 22 heavy (non-hydrogen) atoms. The van der Waals surface area contributed by atoms with Gasteiger partial charge in [-0.05, 0) is 41.8 Å². The summed E-state index contributed by atoms with van der Waals surface area (Å²) in [6, 6.07) is 12.2. The van der Waals surface area contributed by atoms with E-state index in [1.165, 1.54) is 6.07 Å². The fourth-order valence-electron chi connectivity index (χ4n) is 2.20. The number of anilines is 1. The highest BCUT2D eigenvalue weighted by molar-refractivity contribution is 6.30. The topological polar surface area (TPSA) is 66.6 Å². The fraction of sp³-hybridized carbons (Fsp3) is 0.250. The Morgan fingerprint density at radius 1 is 1.18 bits per heavy atom. The Balaban J connectivity index is 2.15. The second-order valence-electron chi connectivity index (χ2n) is 5.04. The van der Waals surface area contributed by atoms with Gasteiger partial charge in [0.2, 0.25) is 0 Å². The lowest BCUT2D eigenvalue weighted by Crippen LogP contribution is -2.21. The Kier molecular flexibility index (Phi) is 5.35. The van der Waals surface area contributed by atoms with Gasteiger partial charge >= 0.3 is 0 Å². The maximum atomic E-state index is 11.1. The molecule has 0 saturated carbocycles. The minimum Gasteiger partial charge on any atom is -0.392 e. The molecule has 0 atom stereocenters. The number of hydrogen-bond acceptors (Lipinski definition) is 4. The van der Waals surface area contributed by atoms with Gasteiger partial charge in [0.05, 0.1) is 11.5 Å². The lowest BCUT2D eigenvalue weighted by Gasteiger charge is -2.20. The molecule has 0 spiro atoms. The van der Waals surface area contributed by atoms with Gasteiger partial charge in [0.15, 0.2) is 0 Å². The molecule has 0 amide bonds. The lowest BCUT2D eigenvalue weighted by molar-refractivity contribution is -0.384. The van der Waals surface area contributed by atoms with E-state index in [-0.39, 0.29) is 12.3 Å². The summed E-state index contributed by atoms with van der Waals surface area (Å²) in [7, 11) is 1.80. The SMILES string of the molecule is CN(CCc1ccc(Cl)cc1)c1cc(CO)ccc1[N+](=O)[O-]. The van der Waals surface area contributed by atoms with Gasteiger partial charge in [0.25, 0.3) is 5.69 Å². The van der Waals surface area contributed by atoms with Crippen LogP contribution in [0.3, 0.4) is 0 Å². The van der Waals surface area contributed by atoms with E-state index in [1.54, 1.807) is 19.2 Å². The first-order valence-electron chi connectivity index (χ1n) is 6.85. The van der Waals surface area contributed by atoms with Crippen LogP contribution in [0.15, 0.2) is 42.5 Å². The molecule has 6 heteroatoms. The number of halogens is 1. The van der Waals surface area contributed by atoms with E-state index < -0.39 is 4.92 Å². The van der Waals surface area contributed by atoms with Crippen LogP contribution in [0.4, 0.5) is 11.4 Å². The monoisotopic (exact) mass is 320 g/mol. The molecule has 0 radical (unpaired) electrons. The third kappa shape index (κ3) is 3.96. The van der Waals surface area contributed by atoms with Gasteiger partial charge in [-0.25, -0.2) is 0 Å². The molecule has 0 bridgehead atoms. The quantitative estimate of drug-likeness (QED) is 0.654. The molecular formula is C16H17ClN2O3. The van der Waals surface area contributed by atoms with Crippen molar-refractivity contribution in [1.82, 2.24) is 0 Å². The van der Waals surface area contributed by atoms with Crippen molar-refractivity contribution >= 4 is 23.0 Å². The zero-order chi connectivity index (χ0) is 16.1. The van der Waals surface area contributed by atoms with Crippen LogP contribution >= 0.6 is 11.6 Å². The fourth-order valence-corrected chi connectivity index (χ4v) is 2.32. The molecule has 2 rings (SSSR count). The highest BCUT2D eigenvalue weighted by Gasteiger charge is 2.17. The Morgan fingerprint density at radius 2 is 1.82 bits per heavy atom. The predicted molar refractivity (Wildman–Crippen MR) is 87.4 cm³/mol. The standard InChI is InChI=1S/C16H17ClN2O3/c1-18(9-8-12-2-5-14(17)6-3-12)16-10-13(11-20)4-7-15(16)19(21)22/h2-7,10,20H,8-9,11H2,1H3. The zero-order valence-corrected chi connectivity index (χ0v) is 13.0. The van der Waals surface area contributed by atoms with E-state index in [0.717, 1.165) is 12.0 Å². The van der Waals surface area contributed by atoms with Crippen molar-refractivity contribution in [3.63, 3.8) is 0 Å². The molecule has 0 aliphatic carbocycles. The molecule has 2 aromatic carbocycles. The van der Waals surface area contributed by atoms with Crippen molar-refractivity contribution in [2.45, 2.75) is 13.0 Å². The highest BCUT2D eigenvalue weighted by Crippen LogP contribution is 2.28. The molecule has 0 saturated heterocycles. The van der Waals surface area contributed by atoms with Crippen molar-refractivity contribution in [3.8, 4) is 0 Å². The van der Waals surface area contributed by atoms with E-state index >= 15 is 0 Å². The molecule has 0 fully saturated rings. The molecule has 116 valence electrons. The number of aliphatic hydroxyl groups excluding tert-OH is 1. The van der Waals surface area contributed by atoms with E-state index in [9.17, 15) is 15.2 Å². The summed E-state index contributed by atoms with van der Waals surface area (Å²) in [5.41, 5.74) is 2.30. The molecule has 2 aromatic rings. The number of likely N-dealkylation sites (N-methyl/N-ethyl adjacent to an activating group) is 1. The summed E-state index contributed by atoms with van der Waals surface area (Å²) in [6.07, 6.45) is 0.744. The average Bonchev–Trinajstić information content (AvgIpc) is 2.53. The molecule has 0 unspecified atom stereocenters. The van der Waals surface area contributed by atoms with Crippen molar-refractivity contribution < 1.29 is 10.0 Å². The maximum Gasteiger partial charge on any atom is 0.292 e. The smallest absolute Gasteiger partial charge is 0.292 e. The van der Waals surface area contributed by atoms with Gasteiger partial charge in [-0.1, -0.05) is 23.7 Å². The van der Waals surface area contributed by atoms with Crippen LogP contribution < -0.4 is 4.90 Å². The number of rotatable bonds is 6. The molecule has 0 aromatic heterocycles. The molecular weight excluding hydrogens is 304 g/mol. The predicted octanol–water partition coefficient (Wildman–Crippen LogP) is 3.42. The van der Waals surface area contributed by atoms with Crippen LogP contribution in [0.5, 0.6) is 0 Å². The number of aliphatic hydroxyl groups is 1. The van der Waals surface area contributed by atoms with Crippen LogP contribution in [0.25, 0.3) is 0 Å². The van der Waals surface area contributed by atoms with Crippen LogP contribution in [0.1, 0.15) is 11.1 Å². The van der Waals surface area contributed by atoms with E-state index in [4.69, 9.17) is 11.6 Å². The highest BCUT2D eigenvalue weighted by atomic mass is 35.5. The van der Waals surface area contributed by atoms with Crippen LogP contribution in [-0.4, -0.2) is 23.6 Å². The largest absolute Gasteiger partial charge is 0.392 e.